The summed E-state index contributed by atoms with van der Waals surface area (Å²) in [7, 11) is 0. The molecular weight excluding hydrogens is 292 g/mol. The van der Waals surface area contributed by atoms with Crippen LogP contribution in [-0.4, -0.2) is 20.6 Å². The van der Waals surface area contributed by atoms with Crippen LogP contribution in [0.1, 0.15) is 18.8 Å². The van der Waals surface area contributed by atoms with Crippen LogP contribution in [0.3, 0.4) is 0 Å². The molecule has 0 radical (unpaired) electrons. The van der Waals surface area contributed by atoms with Crippen LogP contribution in [0, 0.1) is 6.92 Å². The van der Waals surface area contributed by atoms with Gasteiger partial charge in [-0.2, -0.15) is 0 Å². The van der Waals surface area contributed by atoms with Gasteiger partial charge in [-0.3, -0.25) is 9.36 Å². The highest BCUT2D eigenvalue weighted by Gasteiger charge is 2.22. The molecule has 108 valence electrons. The van der Waals surface area contributed by atoms with Crippen LogP contribution in [0.2, 0.25) is 0 Å². The predicted molar refractivity (Wildman–Crippen MR) is 78.7 cm³/mol. The molecular formula is C14H12N2O4S. The third-order valence-electron chi connectivity index (χ3n) is 3.35. The molecule has 0 spiro atoms. The first kappa shape index (κ1) is 13.6. The van der Waals surface area contributed by atoms with E-state index in [0.717, 1.165) is 0 Å². The van der Waals surface area contributed by atoms with E-state index in [0.29, 0.717) is 27.4 Å². The molecule has 1 N–H and O–H groups in total. The van der Waals surface area contributed by atoms with Gasteiger partial charge in [-0.25, -0.2) is 9.78 Å². The Morgan fingerprint density at radius 2 is 2.29 bits per heavy atom. The van der Waals surface area contributed by atoms with Gasteiger partial charge in [0.25, 0.3) is 5.56 Å². The first-order chi connectivity index (χ1) is 10.0. The van der Waals surface area contributed by atoms with E-state index in [1.54, 1.807) is 24.4 Å². The summed E-state index contributed by atoms with van der Waals surface area (Å²) in [6, 6.07) is 2.52. The molecule has 21 heavy (non-hydrogen) atoms. The fourth-order valence-corrected chi connectivity index (χ4v) is 3.25. The SMILES string of the molecule is Cc1nc2scc(-c3ccco3)c2c(=O)n1C(C)C(=O)O. The molecule has 0 saturated heterocycles. The van der Waals surface area contributed by atoms with Crippen molar-refractivity contribution >= 4 is 27.5 Å². The smallest absolute Gasteiger partial charge is 0.326 e. The Morgan fingerprint density at radius 3 is 2.90 bits per heavy atom. The molecule has 3 aromatic rings. The Hall–Kier alpha value is -2.41. The molecule has 3 aromatic heterocycles. The monoisotopic (exact) mass is 304 g/mol. The molecule has 6 nitrogen and oxygen atoms in total. The van der Waals surface area contributed by atoms with Crippen molar-refractivity contribution in [2.75, 3.05) is 0 Å². The summed E-state index contributed by atoms with van der Waals surface area (Å²) in [5.74, 6) is -0.120. The fraction of sp³-hybridized carbons (Fsp3) is 0.214. The number of furan rings is 1. The molecule has 0 aliphatic rings. The average molecular weight is 304 g/mol. The summed E-state index contributed by atoms with van der Waals surface area (Å²) in [6.45, 7) is 3.09. The Morgan fingerprint density at radius 1 is 1.52 bits per heavy atom. The van der Waals surface area contributed by atoms with Gasteiger partial charge in [0.2, 0.25) is 0 Å². The summed E-state index contributed by atoms with van der Waals surface area (Å²) in [4.78, 5) is 28.8. The zero-order valence-corrected chi connectivity index (χ0v) is 12.2. The molecule has 0 saturated carbocycles. The third kappa shape index (κ3) is 2.06. The van der Waals surface area contributed by atoms with Crippen molar-refractivity contribution in [3.8, 4) is 11.3 Å². The maximum Gasteiger partial charge on any atom is 0.326 e. The number of aliphatic carboxylic acids is 1. The molecule has 1 atom stereocenters. The second-order valence-electron chi connectivity index (χ2n) is 4.66. The molecule has 3 heterocycles. The van der Waals surface area contributed by atoms with E-state index in [-0.39, 0.29) is 5.56 Å². The van der Waals surface area contributed by atoms with Crippen molar-refractivity contribution in [1.82, 2.24) is 9.55 Å². The lowest BCUT2D eigenvalue weighted by atomic mass is 10.2. The van der Waals surface area contributed by atoms with Crippen molar-refractivity contribution in [2.45, 2.75) is 19.9 Å². The van der Waals surface area contributed by atoms with Crippen molar-refractivity contribution in [3.63, 3.8) is 0 Å². The maximum atomic E-state index is 12.7. The number of carboxylic acid groups (broad SMARTS) is 1. The number of hydrogen-bond acceptors (Lipinski definition) is 5. The van der Waals surface area contributed by atoms with Gasteiger partial charge in [-0.1, -0.05) is 0 Å². The van der Waals surface area contributed by atoms with Gasteiger partial charge in [-0.05, 0) is 26.0 Å². The summed E-state index contributed by atoms with van der Waals surface area (Å²) < 4.78 is 6.53. The van der Waals surface area contributed by atoms with E-state index < -0.39 is 12.0 Å². The quantitative estimate of drug-likeness (QED) is 0.804. The molecule has 0 bridgehead atoms. The largest absolute Gasteiger partial charge is 0.480 e. The lowest BCUT2D eigenvalue weighted by Gasteiger charge is -2.13. The summed E-state index contributed by atoms with van der Waals surface area (Å²) in [6.07, 6.45) is 1.53. The van der Waals surface area contributed by atoms with Crippen molar-refractivity contribution in [2.24, 2.45) is 0 Å². The highest BCUT2D eigenvalue weighted by Crippen LogP contribution is 2.31. The zero-order valence-electron chi connectivity index (χ0n) is 11.4. The van der Waals surface area contributed by atoms with Crippen LogP contribution in [0.5, 0.6) is 0 Å². The number of nitrogens with zero attached hydrogens (tertiary/aromatic N) is 2. The number of thiophene rings is 1. The number of aryl methyl sites for hydroxylation is 1. The van der Waals surface area contributed by atoms with Gasteiger partial charge in [0, 0.05) is 10.9 Å². The van der Waals surface area contributed by atoms with E-state index in [1.165, 1.54) is 29.1 Å². The van der Waals surface area contributed by atoms with E-state index in [2.05, 4.69) is 4.98 Å². The van der Waals surface area contributed by atoms with Gasteiger partial charge >= 0.3 is 5.97 Å². The van der Waals surface area contributed by atoms with E-state index in [1.807, 2.05) is 0 Å². The van der Waals surface area contributed by atoms with Gasteiger partial charge < -0.3 is 9.52 Å². The van der Waals surface area contributed by atoms with Crippen molar-refractivity contribution < 1.29 is 14.3 Å². The minimum atomic E-state index is -1.07. The lowest BCUT2D eigenvalue weighted by molar-refractivity contribution is -0.140. The molecule has 3 rings (SSSR count). The van der Waals surface area contributed by atoms with Crippen LogP contribution in [0.25, 0.3) is 21.5 Å². The summed E-state index contributed by atoms with van der Waals surface area (Å²) in [5, 5.41) is 11.4. The zero-order chi connectivity index (χ0) is 15.1. The Labute approximate surface area is 123 Å². The van der Waals surface area contributed by atoms with Crippen molar-refractivity contribution in [3.05, 3.63) is 40.0 Å². The van der Waals surface area contributed by atoms with Gasteiger partial charge in [0.05, 0.1) is 11.6 Å². The molecule has 1 unspecified atom stereocenters. The van der Waals surface area contributed by atoms with Crippen LogP contribution in [0.4, 0.5) is 0 Å². The predicted octanol–water partition coefficient (Wildman–Crippen LogP) is 2.67. The molecule has 0 amide bonds. The van der Waals surface area contributed by atoms with Gasteiger partial charge in [0.15, 0.2) is 0 Å². The van der Waals surface area contributed by atoms with Gasteiger partial charge in [-0.15, -0.1) is 11.3 Å². The van der Waals surface area contributed by atoms with Crippen molar-refractivity contribution in [1.29, 1.82) is 0 Å². The number of hydrogen-bond donors (Lipinski definition) is 1. The Balaban J connectivity index is 2.35. The number of aromatic nitrogens is 2. The summed E-state index contributed by atoms with van der Waals surface area (Å²) >= 11 is 1.34. The fourth-order valence-electron chi connectivity index (χ4n) is 2.28. The van der Waals surface area contributed by atoms with E-state index in [4.69, 9.17) is 9.52 Å². The first-order valence-electron chi connectivity index (χ1n) is 6.27. The highest BCUT2D eigenvalue weighted by molar-refractivity contribution is 7.17. The normalized spacial score (nSPS) is 12.7. The number of carboxylic acids is 1. The first-order valence-corrected chi connectivity index (χ1v) is 7.15. The van der Waals surface area contributed by atoms with Crippen LogP contribution < -0.4 is 5.56 Å². The number of carbonyl (C=O) groups is 1. The van der Waals surface area contributed by atoms with Crippen LogP contribution >= 0.6 is 11.3 Å². The second kappa shape index (κ2) is 4.85. The van der Waals surface area contributed by atoms with E-state index in [9.17, 15) is 9.59 Å². The lowest BCUT2D eigenvalue weighted by Crippen LogP contribution is -2.30. The molecule has 7 heteroatoms. The standard InChI is InChI=1S/C14H12N2O4S/c1-7(14(18)19)16-8(2)15-12-11(13(16)17)9(6-21-12)10-4-3-5-20-10/h3-7H,1-2H3,(H,18,19). The minimum Gasteiger partial charge on any atom is -0.480 e. The molecule has 0 aromatic carbocycles. The summed E-state index contributed by atoms with van der Waals surface area (Å²) in [5.41, 5.74) is 0.281. The number of fused-ring (bicyclic) bond motifs is 1. The minimum absolute atomic E-state index is 0.361. The third-order valence-corrected chi connectivity index (χ3v) is 4.22. The average Bonchev–Trinajstić information content (AvgIpc) is 3.06. The Bertz CT molecular complexity index is 876. The molecule has 0 aliphatic heterocycles. The number of rotatable bonds is 3. The second-order valence-corrected chi connectivity index (χ2v) is 5.51. The topological polar surface area (TPSA) is 85.3 Å². The Kier molecular flexibility index (Phi) is 3.13. The maximum absolute atomic E-state index is 12.7. The molecule has 0 aliphatic carbocycles. The highest BCUT2D eigenvalue weighted by atomic mass is 32.1. The van der Waals surface area contributed by atoms with E-state index >= 15 is 0 Å². The molecule has 0 fully saturated rings. The van der Waals surface area contributed by atoms with Crippen LogP contribution in [-0.2, 0) is 4.79 Å². The van der Waals surface area contributed by atoms with Crippen LogP contribution in [0.15, 0.2) is 33.0 Å². The van der Waals surface area contributed by atoms with Gasteiger partial charge in [0.1, 0.15) is 22.5 Å².